The van der Waals surface area contributed by atoms with Crippen molar-refractivity contribution < 1.29 is 4.79 Å². The van der Waals surface area contributed by atoms with Gasteiger partial charge in [0, 0.05) is 16.8 Å². The summed E-state index contributed by atoms with van der Waals surface area (Å²) in [6.07, 6.45) is 0. The molecule has 0 aliphatic rings. The van der Waals surface area contributed by atoms with E-state index in [0.717, 1.165) is 22.2 Å². The van der Waals surface area contributed by atoms with Crippen molar-refractivity contribution in [3.05, 3.63) is 77.4 Å². The van der Waals surface area contributed by atoms with Crippen molar-refractivity contribution in [3.63, 3.8) is 0 Å². The molecule has 0 saturated carbocycles. The lowest BCUT2D eigenvalue weighted by atomic mass is 10.1. The molecule has 0 fully saturated rings. The molecule has 0 radical (unpaired) electrons. The number of carbonyl (C=O) groups is 1. The Balaban J connectivity index is 1.59. The van der Waals surface area contributed by atoms with Gasteiger partial charge in [-0.15, -0.1) is 11.8 Å². The molecule has 0 bridgehead atoms. The predicted molar refractivity (Wildman–Crippen MR) is 105 cm³/mol. The molecule has 0 heterocycles. The topological polar surface area (TPSA) is 29.1 Å². The average molecular weight is 335 g/mol. The van der Waals surface area contributed by atoms with Crippen LogP contribution in [0.15, 0.2) is 60.7 Å². The van der Waals surface area contributed by atoms with Gasteiger partial charge in [0.1, 0.15) is 0 Å². The molecule has 24 heavy (non-hydrogen) atoms. The SMILES string of the molecule is Cc1cc(C)cc(CSCC(=O)Nc2cccc3ccccc23)c1. The highest BCUT2D eigenvalue weighted by Crippen LogP contribution is 2.23. The Hall–Kier alpha value is -2.26. The number of nitrogens with one attached hydrogen (secondary N) is 1. The number of thioether (sulfide) groups is 1. The normalized spacial score (nSPS) is 10.8. The van der Waals surface area contributed by atoms with E-state index in [0.29, 0.717) is 5.75 Å². The molecule has 0 spiro atoms. The molecule has 0 aliphatic carbocycles. The number of aryl methyl sites for hydroxylation is 2. The Labute approximate surface area is 147 Å². The van der Waals surface area contributed by atoms with E-state index in [4.69, 9.17) is 0 Å². The molecule has 0 atom stereocenters. The molecule has 3 aromatic rings. The number of amides is 1. The summed E-state index contributed by atoms with van der Waals surface area (Å²) in [6, 6.07) is 20.6. The van der Waals surface area contributed by atoms with Crippen molar-refractivity contribution in [2.45, 2.75) is 19.6 Å². The maximum absolute atomic E-state index is 12.2. The quantitative estimate of drug-likeness (QED) is 0.683. The summed E-state index contributed by atoms with van der Waals surface area (Å²) >= 11 is 1.64. The first-order valence-electron chi connectivity index (χ1n) is 8.04. The van der Waals surface area contributed by atoms with E-state index in [9.17, 15) is 4.79 Å². The molecule has 3 aromatic carbocycles. The van der Waals surface area contributed by atoms with Gasteiger partial charge < -0.3 is 5.32 Å². The van der Waals surface area contributed by atoms with Crippen molar-refractivity contribution in [2.24, 2.45) is 0 Å². The van der Waals surface area contributed by atoms with Gasteiger partial charge >= 0.3 is 0 Å². The zero-order chi connectivity index (χ0) is 16.9. The van der Waals surface area contributed by atoms with Crippen molar-refractivity contribution in [3.8, 4) is 0 Å². The van der Waals surface area contributed by atoms with E-state index in [1.165, 1.54) is 16.7 Å². The van der Waals surface area contributed by atoms with Gasteiger partial charge in [0.15, 0.2) is 0 Å². The van der Waals surface area contributed by atoms with Gasteiger partial charge in [-0.1, -0.05) is 65.7 Å². The number of hydrogen-bond donors (Lipinski definition) is 1. The first kappa shape index (κ1) is 16.6. The van der Waals surface area contributed by atoms with Crippen LogP contribution in [0.4, 0.5) is 5.69 Å². The van der Waals surface area contributed by atoms with Crippen LogP contribution >= 0.6 is 11.8 Å². The van der Waals surface area contributed by atoms with Gasteiger partial charge in [-0.05, 0) is 30.9 Å². The highest BCUT2D eigenvalue weighted by molar-refractivity contribution is 7.99. The maximum atomic E-state index is 12.2. The van der Waals surface area contributed by atoms with Crippen LogP contribution in [-0.4, -0.2) is 11.7 Å². The molecule has 3 rings (SSSR count). The zero-order valence-electron chi connectivity index (χ0n) is 14.0. The highest BCUT2D eigenvalue weighted by atomic mass is 32.2. The van der Waals surface area contributed by atoms with Crippen LogP contribution in [-0.2, 0) is 10.5 Å². The number of anilines is 1. The standard InChI is InChI=1S/C21H21NOS/c1-15-10-16(2)12-17(11-15)13-24-14-21(23)22-20-9-5-7-18-6-3-4-8-19(18)20/h3-12H,13-14H2,1-2H3,(H,22,23). The van der Waals surface area contributed by atoms with Crippen LogP contribution in [0.2, 0.25) is 0 Å². The first-order valence-corrected chi connectivity index (χ1v) is 9.20. The minimum atomic E-state index is 0.0423. The predicted octanol–water partition coefficient (Wildman–Crippen LogP) is 5.33. The molecule has 1 N–H and O–H groups in total. The first-order chi connectivity index (χ1) is 11.6. The number of hydrogen-bond acceptors (Lipinski definition) is 2. The summed E-state index contributed by atoms with van der Waals surface area (Å²) < 4.78 is 0. The van der Waals surface area contributed by atoms with Crippen LogP contribution in [0.1, 0.15) is 16.7 Å². The van der Waals surface area contributed by atoms with E-state index >= 15 is 0 Å². The maximum Gasteiger partial charge on any atom is 0.234 e. The monoisotopic (exact) mass is 335 g/mol. The summed E-state index contributed by atoms with van der Waals surface area (Å²) in [6.45, 7) is 4.21. The Kier molecular flexibility index (Phi) is 5.21. The Morgan fingerprint density at radius 1 is 0.958 bits per heavy atom. The largest absolute Gasteiger partial charge is 0.325 e. The van der Waals surface area contributed by atoms with E-state index in [1.54, 1.807) is 11.8 Å². The Morgan fingerprint density at radius 2 is 1.67 bits per heavy atom. The lowest BCUT2D eigenvalue weighted by Gasteiger charge is -2.09. The van der Waals surface area contributed by atoms with Gasteiger partial charge in [-0.3, -0.25) is 4.79 Å². The molecule has 1 amide bonds. The second kappa shape index (κ2) is 7.54. The highest BCUT2D eigenvalue weighted by Gasteiger charge is 2.06. The minimum Gasteiger partial charge on any atom is -0.325 e. The van der Waals surface area contributed by atoms with Gasteiger partial charge in [-0.2, -0.15) is 0 Å². The van der Waals surface area contributed by atoms with Crippen molar-refractivity contribution >= 4 is 34.1 Å². The van der Waals surface area contributed by atoms with Gasteiger partial charge in [0.25, 0.3) is 0 Å². The number of benzene rings is 3. The summed E-state index contributed by atoms with van der Waals surface area (Å²) in [5, 5.41) is 5.25. The number of rotatable bonds is 5. The molecule has 2 nitrogen and oxygen atoms in total. The van der Waals surface area contributed by atoms with Crippen molar-refractivity contribution in [2.75, 3.05) is 11.1 Å². The van der Waals surface area contributed by atoms with Crippen molar-refractivity contribution in [1.29, 1.82) is 0 Å². The van der Waals surface area contributed by atoms with E-state index in [-0.39, 0.29) is 5.91 Å². The third kappa shape index (κ3) is 4.18. The second-order valence-electron chi connectivity index (χ2n) is 6.06. The lowest BCUT2D eigenvalue weighted by molar-refractivity contribution is -0.113. The second-order valence-corrected chi connectivity index (χ2v) is 7.05. The van der Waals surface area contributed by atoms with Crippen LogP contribution in [0.5, 0.6) is 0 Å². The summed E-state index contributed by atoms with van der Waals surface area (Å²) in [5.41, 5.74) is 4.69. The zero-order valence-corrected chi connectivity index (χ0v) is 14.8. The van der Waals surface area contributed by atoms with Crippen LogP contribution in [0.25, 0.3) is 10.8 Å². The third-order valence-electron chi connectivity index (χ3n) is 3.85. The molecule has 3 heteroatoms. The average Bonchev–Trinajstić information content (AvgIpc) is 2.54. The van der Waals surface area contributed by atoms with Gasteiger partial charge in [0.2, 0.25) is 5.91 Å². The van der Waals surface area contributed by atoms with Gasteiger partial charge in [-0.25, -0.2) is 0 Å². The fourth-order valence-corrected chi connectivity index (χ4v) is 3.70. The van der Waals surface area contributed by atoms with Crippen LogP contribution in [0, 0.1) is 13.8 Å². The van der Waals surface area contributed by atoms with Crippen LogP contribution < -0.4 is 5.32 Å². The molecular formula is C21H21NOS. The van der Waals surface area contributed by atoms with E-state index in [2.05, 4.69) is 49.5 Å². The Morgan fingerprint density at radius 3 is 2.46 bits per heavy atom. The molecule has 0 saturated heterocycles. The smallest absolute Gasteiger partial charge is 0.234 e. The third-order valence-corrected chi connectivity index (χ3v) is 4.85. The van der Waals surface area contributed by atoms with E-state index < -0.39 is 0 Å². The lowest BCUT2D eigenvalue weighted by Crippen LogP contribution is -2.14. The molecule has 0 aromatic heterocycles. The molecule has 0 unspecified atom stereocenters. The van der Waals surface area contributed by atoms with Crippen molar-refractivity contribution in [1.82, 2.24) is 0 Å². The summed E-state index contributed by atoms with van der Waals surface area (Å²) in [7, 11) is 0. The fraction of sp³-hybridized carbons (Fsp3) is 0.190. The minimum absolute atomic E-state index is 0.0423. The number of carbonyl (C=O) groups excluding carboxylic acids is 1. The number of fused-ring (bicyclic) bond motifs is 1. The van der Waals surface area contributed by atoms with Crippen LogP contribution in [0.3, 0.4) is 0 Å². The summed E-state index contributed by atoms with van der Waals surface area (Å²) in [5.74, 6) is 1.35. The fourth-order valence-electron chi connectivity index (χ4n) is 2.93. The van der Waals surface area contributed by atoms with Gasteiger partial charge in [0.05, 0.1) is 5.75 Å². The van der Waals surface area contributed by atoms with E-state index in [1.807, 2.05) is 30.3 Å². The molecule has 122 valence electrons. The summed E-state index contributed by atoms with van der Waals surface area (Å²) in [4.78, 5) is 12.2. The Bertz CT molecular complexity index is 847. The molecule has 0 aliphatic heterocycles. The molecular weight excluding hydrogens is 314 g/mol.